The van der Waals surface area contributed by atoms with E-state index in [1.165, 1.54) is 0 Å². The minimum Gasteiger partial charge on any atom is -0.329 e. The highest BCUT2D eigenvalue weighted by Crippen LogP contribution is 1.84. The Bertz CT molecular complexity index is 138. The molecule has 8 heavy (non-hydrogen) atoms. The van der Waals surface area contributed by atoms with Crippen LogP contribution in [-0.2, 0) is 14.5 Å². The van der Waals surface area contributed by atoms with E-state index >= 15 is 0 Å². The molecule has 0 aliphatic carbocycles. The van der Waals surface area contributed by atoms with Crippen LogP contribution >= 0.6 is 0 Å². The van der Waals surface area contributed by atoms with Crippen molar-refractivity contribution in [3.05, 3.63) is 0 Å². The van der Waals surface area contributed by atoms with Crippen LogP contribution < -0.4 is 5.73 Å². The van der Waals surface area contributed by atoms with Gasteiger partial charge in [0.25, 0.3) is 10.1 Å². The molecule has 0 saturated heterocycles. The fourth-order valence-electron chi connectivity index (χ4n) is 0.182. The normalized spacial score (nSPS) is 11.8. The summed E-state index contributed by atoms with van der Waals surface area (Å²) in [4.78, 5) is 0. The highest BCUT2D eigenvalue weighted by molar-refractivity contribution is 7.86. The van der Waals surface area contributed by atoms with Crippen molar-refractivity contribution < 1.29 is 18.0 Å². The van der Waals surface area contributed by atoms with Gasteiger partial charge < -0.3 is 5.73 Å². The summed E-state index contributed by atoms with van der Waals surface area (Å²) in [6.45, 7) is -0.0527. The van der Waals surface area contributed by atoms with Crippen LogP contribution in [0.4, 0.5) is 0 Å². The summed E-state index contributed by atoms with van der Waals surface area (Å²) < 4.78 is 23.2. The van der Waals surface area contributed by atoms with Gasteiger partial charge >= 0.3 is 0 Å². The highest BCUT2D eigenvalue weighted by Gasteiger charge is 2.06. The van der Waals surface area contributed by atoms with Crippen LogP contribution in [0.5, 0.6) is 0 Å². The molecule has 0 unspecified atom stereocenters. The van der Waals surface area contributed by atoms with Gasteiger partial charge in [-0.25, -0.2) is 5.26 Å². The maximum absolute atomic E-state index is 10.0. The predicted molar refractivity (Wildman–Crippen MR) is 26.6 cm³/mol. The molecule has 0 spiro atoms. The largest absolute Gasteiger partial charge is 0.329 e. The Morgan fingerprint density at radius 2 is 2.12 bits per heavy atom. The van der Waals surface area contributed by atoms with Crippen LogP contribution in [0.2, 0.25) is 0 Å². The van der Waals surface area contributed by atoms with Crippen LogP contribution in [0.1, 0.15) is 0 Å². The van der Waals surface area contributed by atoms with Crippen LogP contribution in [0.3, 0.4) is 0 Å². The van der Waals surface area contributed by atoms with Crippen molar-refractivity contribution in [2.45, 2.75) is 0 Å². The van der Waals surface area contributed by atoms with Crippen LogP contribution in [0.25, 0.3) is 0 Å². The Kier molecular flexibility index (Phi) is 2.91. The summed E-state index contributed by atoms with van der Waals surface area (Å²) in [7, 11) is -3.74. The average molecular weight is 141 g/mol. The molecule has 0 amide bonds. The molecule has 0 aliphatic heterocycles. The molecule has 3 N–H and O–H groups in total. The molecule has 0 radical (unpaired) electrons. The van der Waals surface area contributed by atoms with E-state index < -0.39 is 10.1 Å². The van der Waals surface area contributed by atoms with Gasteiger partial charge in [0.2, 0.25) is 0 Å². The smallest absolute Gasteiger partial charge is 0.294 e. The lowest BCUT2D eigenvalue weighted by atomic mass is 10.8. The zero-order chi connectivity index (χ0) is 6.62. The van der Waals surface area contributed by atoms with Crippen molar-refractivity contribution in [2.24, 2.45) is 5.73 Å². The first-order valence-corrected chi connectivity index (χ1v) is 3.46. The van der Waals surface area contributed by atoms with E-state index in [4.69, 9.17) is 11.0 Å². The summed E-state index contributed by atoms with van der Waals surface area (Å²) in [5, 5.41) is 7.58. The first-order valence-electron chi connectivity index (χ1n) is 1.88. The fourth-order valence-corrected chi connectivity index (χ4v) is 0.545. The molecule has 0 saturated carbocycles. The summed E-state index contributed by atoms with van der Waals surface area (Å²) in [6.07, 6.45) is 0. The van der Waals surface area contributed by atoms with E-state index in [0.717, 1.165) is 0 Å². The van der Waals surface area contributed by atoms with Crippen molar-refractivity contribution in [2.75, 3.05) is 12.3 Å². The lowest BCUT2D eigenvalue weighted by Crippen LogP contribution is -2.16. The zero-order valence-corrected chi connectivity index (χ0v) is 4.89. The summed E-state index contributed by atoms with van der Waals surface area (Å²) >= 11 is 0. The molecular formula is C2H7NO4S. The Morgan fingerprint density at radius 3 is 2.25 bits per heavy atom. The number of rotatable bonds is 3. The fraction of sp³-hybridized carbons (Fsp3) is 1.00. The van der Waals surface area contributed by atoms with Gasteiger partial charge in [0.15, 0.2) is 0 Å². The Hall–Kier alpha value is -0.170. The molecule has 0 atom stereocenters. The second-order valence-corrected chi connectivity index (χ2v) is 2.80. The Labute approximate surface area is 47.1 Å². The van der Waals surface area contributed by atoms with E-state index in [0.29, 0.717) is 0 Å². The Morgan fingerprint density at radius 1 is 1.62 bits per heavy atom. The third kappa shape index (κ3) is 2.92. The molecule has 0 heterocycles. The zero-order valence-electron chi connectivity index (χ0n) is 4.07. The summed E-state index contributed by atoms with van der Waals surface area (Å²) in [6, 6.07) is 0. The van der Waals surface area contributed by atoms with E-state index in [2.05, 4.69) is 4.33 Å². The molecule has 0 rings (SSSR count). The molecule has 5 nitrogen and oxygen atoms in total. The van der Waals surface area contributed by atoms with Crippen molar-refractivity contribution >= 4 is 10.1 Å². The minimum absolute atomic E-state index is 0.0527. The van der Waals surface area contributed by atoms with Gasteiger partial charge in [-0.3, -0.25) is 0 Å². The standard InChI is InChI=1S/C2H7NO4S/c3-1-2-8(5,6)7-4/h4H,1-3H2. The second-order valence-electron chi connectivity index (χ2n) is 1.13. The van der Waals surface area contributed by atoms with Gasteiger partial charge in [0, 0.05) is 6.54 Å². The van der Waals surface area contributed by atoms with Crippen molar-refractivity contribution in [1.29, 1.82) is 0 Å². The molecule has 0 bridgehead atoms. The third-order valence-electron chi connectivity index (χ3n) is 0.481. The monoisotopic (exact) mass is 141 g/mol. The maximum Gasteiger partial charge on any atom is 0.294 e. The van der Waals surface area contributed by atoms with Crippen LogP contribution in [0, 0.1) is 0 Å². The molecule has 0 aliphatic rings. The third-order valence-corrected chi connectivity index (χ3v) is 1.44. The van der Waals surface area contributed by atoms with Crippen molar-refractivity contribution in [1.82, 2.24) is 0 Å². The van der Waals surface area contributed by atoms with E-state index in [-0.39, 0.29) is 12.3 Å². The summed E-state index contributed by atoms with van der Waals surface area (Å²) in [5.41, 5.74) is 4.82. The second kappa shape index (κ2) is 2.98. The van der Waals surface area contributed by atoms with Crippen molar-refractivity contribution in [3.8, 4) is 0 Å². The van der Waals surface area contributed by atoms with Crippen LogP contribution in [0.15, 0.2) is 0 Å². The molecule has 50 valence electrons. The number of hydrogen-bond acceptors (Lipinski definition) is 5. The van der Waals surface area contributed by atoms with Gasteiger partial charge in [0.05, 0.1) is 5.75 Å². The first-order chi connectivity index (χ1) is 3.62. The lowest BCUT2D eigenvalue weighted by molar-refractivity contribution is -0.130. The van der Waals surface area contributed by atoms with E-state index in [9.17, 15) is 8.42 Å². The molecule has 6 heteroatoms. The van der Waals surface area contributed by atoms with Gasteiger partial charge in [-0.15, -0.1) is 4.33 Å². The van der Waals surface area contributed by atoms with E-state index in [1.54, 1.807) is 0 Å². The van der Waals surface area contributed by atoms with Gasteiger partial charge in [-0.05, 0) is 0 Å². The Balaban J connectivity index is 3.76. The quantitative estimate of drug-likeness (QED) is 0.379. The van der Waals surface area contributed by atoms with Crippen molar-refractivity contribution in [3.63, 3.8) is 0 Å². The molecule has 0 fully saturated rings. The topological polar surface area (TPSA) is 89.6 Å². The van der Waals surface area contributed by atoms with Gasteiger partial charge in [-0.2, -0.15) is 8.42 Å². The van der Waals surface area contributed by atoms with E-state index in [1.807, 2.05) is 0 Å². The maximum atomic E-state index is 10.0. The van der Waals surface area contributed by atoms with Gasteiger partial charge in [0.1, 0.15) is 0 Å². The lowest BCUT2D eigenvalue weighted by Gasteiger charge is -1.92. The highest BCUT2D eigenvalue weighted by atomic mass is 32.2. The summed E-state index contributed by atoms with van der Waals surface area (Å²) in [5.74, 6) is -0.358. The molecule has 0 aromatic heterocycles. The molecule has 0 aromatic rings. The minimum atomic E-state index is -3.74. The SMILES string of the molecule is NCCS(=O)(=O)OO. The number of nitrogens with two attached hydrogens (primary N) is 1. The van der Waals surface area contributed by atoms with Crippen LogP contribution in [-0.4, -0.2) is 26.0 Å². The first kappa shape index (κ1) is 7.83. The average Bonchev–Trinajstić information content (AvgIpc) is 1.67. The van der Waals surface area contributed by atoms with Gasteiger partial charge in [-0.1, -0.05) is 0 Å². The molecule has 0 aromatic carbocycles. The predicted octanol–water partition coefficient (Wildman–Crippen LogP) is -1.24. The number of hydrogen-bond donors (Lipinski definition) is 2. The molecular weight excluding hydrogens is 134 g/mol.